The lowest BCUT2D eigenvalue weighted by molar-refractivity contribution is 0.170. The van der Waals surface area contributed by atoms with E-state index in [-0.39, 0.29) is 10.8 Å². The van der Waals surface area contributed by atoms with Crippen LogP contribution in [0.5, 0.6) is 5.75 Å². The summed E-state index contributed by atoms with van der Waals surface area (Å²) in [5.41, 5.74) is 2.14. The Morgan fingerprint density at radius 1 is 0.810 bits per heavy atom. The van der Waals surface area contributed by atoms with Gasteiger partial charge in [-0.1, -0.05) is 76.2 Å². The summed E-state index contributed by atoms with van der Waals surface area (Å²) in [6, 6.07) is 18.3. The summed E-state index contributed by atoms with van der Waals surface area (Å²) in [6.07, 6.45) is 2.12. The maximum absolute atomic E-state index is 10.5. The fourth-order valence-electron chi connectivity index (χ4n) is 3.45. The van der Waals surface area contributed by atoms with Gasteiger partial charge in [-0.25, -0.2) is 0 Å². The molecule has 0 spiro atoms. The molecule has 2 rings (SSSR count). The van der Waals surface area contributed by atoms with E-state index < -0.39 is 0 Å². The van der Waals surface area contributed by atoms with Crippen molar-refractivity contribution in [1.29, 1.82) is 0 Å². The minimum Gasteiger partial charge on any atom is -0.508 e. The van der Waals surface area contributed by atoms with Crippen LogP contribution in [0.2, 0.25) is 0 Å². The second-order valence-electron chi connectivity index (χ2n) is 6.28. The average molecular weight is 282 g/mol. The molecule has 1 heteroatoms. The highest BCUT2D eigenvalue weighted by Crippen LogP contribution is 2.52. The third-order valence-corrected chi connectivity index (χ3v) is 5.56. The number of hydrogen-bond acceptors (Lipinski definition) is 1. The molecule has 21 heavy (non-hydrogen) atoms. The molecule has 0 fully saturated rings. The first-order valence-corrected chi connectivity index (χ1v) is 7.83. The lowest BCUT2D eigenvalue weighted by Crippen LogP contribution is -2.41. The zero-order chi connectivity index (χ0) is 15.5. The topological polar surface area (TPSA) is 20.2 Å². The number of para-hydroxylation sites is 1. The third kappa shape index (κ3) is 2.46. The number of benzene rings is 2. The molecule has 0 saturated heterocycles. The molecule has 1 nitrogen and oxygen atoms in total. The van der Waals surface area contributed by atoms with Gasteiger partial charge in [0.05, 0.1) is 0 Å². The van der Waals surface area contributed by atoms with Crippen molar-refractivity contribution < 1.29 is 5.11 Å². The summed E-state index contributed by atoms with van der Waals surface area (Å²) >= 11 is 0. The number of phenols is 1. The van der Waals surface area contributed by atoms with Crippen LogP contribution in [-0.4, -0.2) is 5.11 Å². The van der Waals surface area contributed by atoms with Gasteiger partial charge in [0.25, 0.3) is 0 Å². The molecular formula is C20H26O. The Bertz CT molecular complexity index is 584. The molecule has 2 aromatic rings. The van der Waals surface area contributed by atoms with Gasteiger partial charge in [-0.2, -0.15) is 0 Å². The second kappa shape index (κ2) is 5.93. The van der Waals surface area contributed by atoms with Gasteiger partial charge < -0.3 is 5.11 Å². The molecule has 0 aromatic heterocycles. The Morgan fingerprint density at radius 3 is 1.86 bits per heavy atom. The number of phenolic OH excluding ortho intramolecular Hbond substituents is 1. The lowest BCUT2D eigenvalue weighted by atomic mass is 9.56. The van der Waals surface area contributed by atoms with E-state index in [0.29, 0.717) is 5.75 Å². The van der Waals surface area contributed by atoms with Crippen molar-refractivity contribution in [3.05, 3.63) is 65.7 Å². The third-order valence-electron chi connectivity index (χ3n) is 5.56. The van der Waals surface area contributed by atoms with Crippen molar-refractivity contribution in [3.63, 3.8) is 0 Å². The summed E-state index contributed by atoms with van der Waals surface area (Å²) < 4.78 is 0. The Balaban J connectivity index is 2.75. The second-order valence-corrected chi connectivity index (χ2v) is 6.28. The monoisotopic (exact) mass is 282 g/mol. The molecule has 0 radical (unpaired) electrons. The largest absolute Gasteiger partial charge is 0.508 e. The highest BCUT2D eigenvalue weighted by molar-refractivity contribution is 5.47. The number of rotatable bonds is 5. The summed E-state index contributed by atoms with van der Waals surface area (Å²) in [7, 11) is 0. The van der Waals surface area contributed by atoms with Gasteiger partial charge in [-0.3, -0.25) is 0 Å². The van der Waals surface area contributed by atoms with Crippen molar-refractivity contribution in [2.45, 2.75) is 46.0 Å². The first-order chi connectivity index (χ1) is 9.99. The predicted octanol–water partition coefficient (Wildman–Crippen LogP) is 5.52. The Morgan fingerprint density at radius 2 is 1.33 bits per heavy atom. The van der Waals surface area contributed by atoms with Crippen molar-refractivity contribution in [1.82, 2.24) is 0 Å². The van der Waals surface area contributed by atoms with E-state index in [2.05, 4.69) is 58.0 Å². The van der Waals surface area contributed by atoms with E-state index >= 15 is 0 Å². The average Bonchev–Trinajstić information content (AvgIpc) is 2.54. The maximum atomic E-state index is 10.5. The first-order valence-electron chi connectivity index (χ1n) is 7.83. The Kier molecular flexibility index (Phi) is 4.41. The molecule has 0 heterocycles. The minimum atomic E-state index is -0.219. The minimum absolute atomic E-state index is 0.0766. The van der Waals surface area contributed by atoms with Crippen LogP contribution >= 0.6 is 0 Å². The van der Waals surface area contributed by atoms with E-state index in [9.17, 15) is 5.11 Å². The highest BCUT2D eigenvalue weighted by Gasteiger charge is 2.45. The maximum Gasteiger partial charge on any atom is 0.119 e. The molecule has 1 atom stereocenters. The summed E-state index contributed by atoms with van der Waals surface area (Å²) in [5, 5.41) is 10.5. The van der Waals surface area contributed by atoms with Crippen molar-refractivity contribution in [3.8, 4) is 5.75 Å². The van der Waals surface area contributed by atoms with Crippen LogP contribution in [0, 0.1) is 5.41 Å². The summed E-state index contributed by atoms with van der Waals surface area (Å²) in [5.74, 6) is 0.386. The van der Waals surface area contributed by atoms with Crippen molar-refractivity contribution in [2.24, 2.45) is 5.41 Å². The Labute approximate surface area is 128 Å². The van der Waals surface area contributed by atoms with Crippen LogP contribution in [0.1, 0.15) is 51.7 Å². The van der Waals surface area contributed by atoms with E-state index in [1.165, 1.54) is 5.56 Å². The molecule has 2 aromatic carbocycles. The Hall–Kier alpha value is -1.76. The molecular weight excluding hydrogens is 256 g/mol. The van der Waals surface area contributed by atoms with Crippen LogP contribution in [0.25, 0.3) is 0 Å². The first kappa shape index (κ1) is 15.6. The van der Waals surface area contributed by atoms with Gasteiger partial charge in [0.15, 0.2) is 0 Å². The van der Waals surface area contributed by atoms with Gasteiger partial charge >= 0.3 is 0 Å². The SMILES string of the molecule is CCC(C)(CC)C(C)(c1ccccc1)c1ccccc1O. The number of hydrogen-bond donors (Lipinski definition) is 1. The molecule has 1 unspecified atom stereocenters. The van der Waals surface area contributed by atoms with E-state index in [4.69, 9.17) is 0 Å². The van der Waals surface area contributed by atoms with Gasteiger partial charge in [-0.15, -0.1) is 0 Å². The van der Waals surface area contributed by atoms with Crippen LogP contribution in [0.3, 0.4) is 0 Å². The van der Waals surface area contributed by atoms with Gasteiger partial charge in [0.2, 0.25) is 0 Å². The molecule has 0 amide bonds. The van der Waals surface area contributed by atoms with Gasteiger partial charge in [0.1, 0.15) is 5.75 Å². The fourth-order valence-corrected chi connectivity index (χ4v) is 3.45. The molecule has 1 N–H and O–H groups in total. The predicted molar refractivity (Wildman–Crippen MR) is 89.7 cm³/mol. The van der Waals surface area contributed by atoms with Crippen LogP contribution < -0.4 is 0 Å². The molecule has 0 aliphatic rings. The molecule has 0 saturated carbocycles. The van der Waals surface area contributed by atoms with Crippen LogP contribution in [0.15, 0.2) is 54.6 Å². The standard InChI is InChI=1S/C20H26O/c1-5-19(3,6-2)20(4,16-12-8-7-9-13-16)17-14-10-11-15-18(17)21/h7-15,21H,5-6H2,1-4H3. The van der Waals surface area contributed by atoms with Gasteiger partial charge in [0, 0.05) is 11.0 Å². The van der Waals surface area contributed by atoms with Crippen molar-refractivity contribution in [2.75, 3.05) is 0 Å². The number of aromatic hydroxyl groups is 1. The van der Waals surface area contributed by atoms with Crippen molar-refractivity contribution >= 4 is 0 Å². The summed E-state index contributed by atoms with van der Waals surface area (Å²) in [6.45, 7) is 9.08. The zero-order valence-corrected chi connectivity index (χ0v) is 13.6. The quantitative estimate of drug-likeness (QED) is 0.765. The highest BCUT2D eigenvalue weighted by atomic mass is 16.3. The molecule has 0 bridgehead atoms. The van der Waals surface area contributed by atoms with E-state index in [1.807, 2.05) is 18.2 Å². The zero-order valence-electron chi connectivity index (χ0n) is 13.6. The van der Waals surface area contributed by atoms with Crippen LogP contribution in [-0.2, 0) is 5.41 Å². The fraction of sp³-hybridized carbons (Fsp3) is 0.400. The van der Waals surface area contributed by atoms with Gasteiger partial charge in [-0.05, 0) is 29.9 Å². The molecule has 0 aliphatic heterocycles. The van der Waals surface area contributed by atoms with E-state index in [0.717, 1.165) is 18.4 Å². The lowest BCUT2D eigenvalue weighted by Gasteiger charge is -2.47. The van der Waals surface area contributed by atoms with Crippen LogP contribution in [0.4, 0.5) is 0 Å². The smallest absolute Gasteiger partial charge is 0.119 e. The summed E-state index contributed by atoms with van der Waals surface area (Å²) in [4.78, 5) is 0. The van der Waals surface area contributed by atoms with E-state index in [1.54, 1.807) is 6.07 Å². The normalized spacial score (nSPS) is 14.7. The molecule has 112 valence electrons. The molecule has 0 aliphatic carbocycles.